The summed E-state index contributed by atoms with van der Waals surface area (Å²) in [5.41, 5.74) is 0.535. The summed E-state index contributed by atoms with van der Waals surface area (Å²) in [7, 11) is 0. The molecule has 5 heteroatoms. The van der Waals surface area contributed by atoms with Gasteiger partial charge in [-0.3, -0.25) is 14.4 Å². The van der Waals surface area contributed by atoms with Crippen LogP contribution in [-0.2, 0) is 19.1 Å². The van der Waals surface area contributed by atoms with Crippen LogP contribution in [0.3, 0.4) is 0 Å². The van der Waals surface area contributed by atoms with E-state index in [2.05, 4.69) is 33.4 Å². The highest BCUT2D eigenvalue weighted by Crippen LogP contribution is 2.87. The number of allylic oxidation sites excluding steroid dienone is 2. The highest BCUT2D eigenvalue weighted by Gasteiger charge is 2.81. The Kier molecular flexibility index (Phi) is 6.50. The third kappa shape index (κ3) is 3.42. The van der Waals surface area contributed by atoms with Gasteiger partial charge in [-0.05, 0) is 102 Å². The second-order valence-corrected chi connectivity index (χ2v) is 14.3. The zero-order chi connectivity index (χ0) is 28.0. The van der Waals surface area contributed by atoms with Crippen LogP contribution in [0.4, 0.5) is 0 Å². The van der Waals surface area contributed by atoms with Crippen LogP contribution in [0, 0.1) is 57.2 Å². The van der Waals surface area contributed by atoms with Crippen LogP contribution in [0.1, 0.15) is 93.4 Å². The van der Waals surface area contributed by atoms with Gasteiger partial charge < -0.3 is 9.84 Å². The molecule has 5 aliphatic rings. The minimum absolute atomic E-state index is 0.0200. The van der Waals surface area contributed by atoms with Gasteiger partial charge in [-0.15, -0.1) is 0 Å². The number of carbonyl (C=O) groups excluding carboxylic acids is 3. The molecule has 0 bridgehead atoms. The van der Waals surface area contributed by atoms with Gasteiger partial charge in [-0.1, -0.05) is 54.2 Å². The molecule has 2 spiro atoms. The van der Waals surface area contributed by atoms with E-state index in [1.54, 1.807) is 0 Å². The molecule has 0 unspecified atom stereocenters. The Bertz CT molecular complexity index is 1090. The first-order valence-electron chi connectivity index (χ1n) is 15.0. The van der Waals surface area contributed by atoms with Crippen molar-refractivity contribution in [2.75, 3.05) is 0 Å². The molecular formula is C33H48O5. The van der Waals surface area contributed by atoms with Gasteiger partial charge in [-0.2, -0.15) is 0 Å². The Morgan fingerprint density at radius 2 is 1.87 bits per heavy atom. The van der Waals surface area contributed by atoms with E-state index in [1.165, 1.54) is 6.92 Å². The minimum Gasteiger partial charge on any atom is -0.462 e. The monoisotopic (exact) mass is 524 g/mol. The first-order chi connectivity index (χ1) is 17.7. The largest absolute Gasteiger partial charge is 0.462 e. The molecule has 0 aromatic rings. The van der Waals surface area contributed by atoms with Crippen molar-refractivity contribution < 1.29 is 24.2 Å². The lowest BCUT2D eigenvalue weighted by molar-refractivity contribution is -0.154. The van der Waals surface area contributed by atoms with Gasteiger partial charge in [0, 0.05) is 18.8 Å². The van der Waals surface area contributed by atoms with Crippen molar-refractivity contribution in [3.05, 3.63) is 24.3 Å². The smallest absolute Gasteiger partial charge is 0.302 e. The average molecular weight is 525 g/mol. The summed E-state index contributed by atoms with van der Waals surface area (Å²) in [6.45, 7) is 18.3. The number of hydrogen-bond donors (Lipinski definition) is 1. The van der Waals surface area contributed by atoms with Gasteiger partial charge in [0.1, 0.15) is 12.2 Å². The number of aliphatic hydroxyl groups is 1. The number of rotatable bonds is 7. The van der Waals surface area contributed by atoms with Crippen molar-refractivity contribution in [2.24, 2.45) is 57.2 Å². The van der Waals surface area contributed by atoms with E-state index >= 15 is 0 Å². The maximum atomic E-state index is 13.3. The molecule has 1 N–H and O–H groups in total. The van der Waals surface area contributed by atoms with E-state index in [-0.39, 0.29) is 69.0 Å². The maximum Gasteiger partial charge on any atom is 0.302 e. The van der Waals surface area contributed by atoms with Crippen molar-refractivity contribution in [2.45, 2.75) is 106 Å². The van der Waals surface area contributed by atoms with E-state index in [0.29, 0.717) is 17.4 Å². The topological polar surface area (TPSA) is 80.7 Å². The third-order valence-corrected chi connectivity index (χ3v) is 13.2. The van der Waals surface area contributed by atoms with Crippen LogP contribution in [0.5, 0.6) is 0 Å². The number of aliphatic hydroxyl groups excluding tert-OH is 1. The van der Waals surface area contributed by atoms with Gasteiger partial charge in [0.25, 0.3) is 0 Å². The van der Waals surface area contributed by atoms with E-state index in [4.69, 9.17) is 4.74 Å². The summed E-state index contributed by atoms with van der Waals surface area (Å²) in [5.74, 6) is 0.229. The predicted molar refractivity (Wildman–Crippen MR) is 147 cm³/mol. The second kappa shape index (κ2) is 8.88. The van der Waals surface area contributed by atoms with Crippen molar-refractivity contribution in [3.8, 4) is 0 Å². The van der Waals surface area contributed by atoms with Crippen molar-refractivity contribution in [1.29, 1.82) is 0 Å². The van der Waals surface area contributed by atoms with E-state index in [1.807, 2.05) is 26.8 Å². The Labute approximate surface area is 228 Å². The quantitative estimate of drug-likeness (QED) is 0.322. The SMILES string of the molecule is C=C(C(=O)[C@H](O)[C@@H](C)[C@H]1[C@@H](OC(C)=O)C[C@@]2(C)[C@@H]3CC[C@H]4[C@H](C)C(=O)C=C[C@@]45C[C@@]35CC[C@]12C)[C@@H](C)CC. The standard InChI is InChI=1S/C33H48O5/c1-9-18(2)19(3)28(36)29(37)21(5)27-25(38-22(6)34)16-31(8)26-11-10-23-20(4)24(35)12-13-32(23)17-33(26,32)15-14-30(27,31)7/h12-13,18,20-21,23,25-27,29,37H,3,9-11,14-17H2,1-2,4-8H3/t18-,20-,21-,23-,25-,26-,27-,29+,30+,31-,32+,33-/m0/s1. The van der Waals surface area contributed by atoms with Crippen molar-refractivity contribution in [3.63, 3.8) is 0 Å². The molecule has 0 radical (unpaired) electrons. The van der Waals surface area contributed by atoms with Crippen LogP contribution >= 0.6 is 0 Å². The van der Waals surface area contributed by atoms with Crippen LogP contribution in [0.2, 0.25) is 0 Å². The average Bonchev–Trinajstić information content (AvgIpc) is 3.48. The molecule has 38 heavy (non-hydrogen) atoms. The number of ketones is 2. The van der Waals surface area contributed by atoms with Gasteiger partial charge in [0.2, 0.25) is 0 Å². The first-order valence-corrected chi connectivity index (χ1v) is 15.0. The molecule has 5 rings (SSSR count). The molecule has 4 fully saturated rings. The predicted octanol–water partition coefficient (Wildman–Crippen LogP) is 6.09. The lowest BCUT2D eigenvalue weighted by Gasteiger charge is -2.61. The highest BCUT2D eigenvalue weighted by atomic mass is 16.5. The Morgan fingerprint density at radius 1 is 1.18 bits per heavy atom. The number of ether oxygens (including phenoxy) is 1. The second-order valence-electron chi connectivity index (χ2n) is 14.3. The van der Waals surface area contributed by atoms with Gasteiger partial charge in [-0.25, -0.2) is 0 Å². The van der Waals surface area contributed by atoms with E-state index in [0.717, 1.165) is 44.9 Å². The zero-order valence-corrected chi connectivity index (χ0v) is 24.5. The normalized spacial score (nSPS) is 47.1. The van der Waals surface area contributed by atoms with Gasteiger partial charge in [0.05, 0.1) is 0 Å². The first kappa shape index (κ1) is 27.8. The summed E-state index contributed by atoms with van der Waals surface area (Å²) in [4.78, 5) is 38.2. The number of fused-ring (bicyclic) bond motifs is 2. The lowest BCUT2D eigenvalue weighted by atomic mass is 9.43. The number of carbonyl (C=O) groups is 3. The van der Waals surface area contributed by atoms with Crippen LogP contribution in [0.15, 0.2) is 24.3 Å². The summed E-state index contributed by atoms with van der Waals surface area (Å²) in [6.07, 6.45) is 9.57. The summed E-state index contributed by atoms with van der Waals surface area (Å²) in [6, 6.07) is 0. The lowest BCUT2D eigenvalue weighted by Crippen LogP contribution is -2.56. The number of hydrogen-bond acceptors (Lipinski definition) is 5. The van der Waals surface area contributed by atoms with Crippen LogP contribution in [-0.4, -0.2) is 34.9 Å². The fourth-order valence-electron chi connectivity index (χ4n) is 10.8. The molecular weight excluding hydrogens is 476 g/mol. The molecule has 5 aliphatic carbocycles. The fourth-order valence-corrected chi connectivity index (χ4v) is 10.8. The number of esters is 1. The molecule has 0 heterocycles. The molecule has 0 aromatic carbocycles. The maximum absolute atomic E-state index is 13.3. The summed E-state index contributed by atoms with van der Waals surface area (Å²) in [5, 5.41) is 11.4. The van der Waals surface area contributed by atoms with Gasteiger partial charge >= 0.3 is 5.97 Å². The summed E-state index contributed by atoms with van der Waals surface area (Å²) < 4.78 is 6.05. The molecule has 0 saturated heterocycles. The minimum atomic E-state index is -1.16. The molecule has 210 valence electrons. The van der Waals surface area contributed by atoms with E-state index in [9.17, 15) is 19.5 Å². The molecule has 5 nitrogen and oxygen atoms in total. The molecule has 0 amide bonds. The van der Waals surface area contributed by atoms with E-state index < -0.39 is 6.10 Å². The molecule has 0 aromatic heterocycles. The molecule has 4 saturated carbocycles. The number of Topliss-reactive ketones (excluding diaryl/α,β-unsaturated/α-hetero) is 1. The summed E-state index contributed by atoms with van der Waals surface area (Å²) >= 11 is 0. The van der Waals surface area contributed by atoms with Crippen molar-refractivity contribution >= 4 is 17.5 Å². The Balaban J connectivity index is 1.50. The zero-order valence-electron chi connectivity index (χ0n) is 24.5. The Morgan fingerprint density at radius 3 is 2.50 bits per heavy atom. The Hall–Kier alpha value is -1.75. The molecule has 0 aliphatic heterocycles. The third-order valence-electron chi connectivity index (χ3n) is 13.2. The molecule has 12 atom stereocenters. The van der Waals surface area contributed by atoms with Crippen molar-refractivity contribution in [1.82, 2.24) is 0 Å². The van der Waals surface area contributed by atoms with Crippen LogP contribution < -0.4 is 0 Å². The van der Waals surface area contributed by atoms with Gasteiger partial charge in [0.15, 0.2) is 11.6 Å². The highest BCUT2D eigenvalue weighted by molar-refractivity contribution is 5.98. The fraction of sp³-hybridized carbons (Fsp3) is 0.788. The van der Waals surface area contributed by atoms with Crippen LogP contribution in [0.25, 0.3) is 0 Å².